The first-order valence-corrected chi connectivity index (χ1v) is 7.13. The van der Waals surface area contributed by atoms with Gasteiger partial charge in [-0.25, -0.2) is 0 Å². The number of piperidine rings is 1. The van der Waals surface area contributed by atoms with Gasteiger partial charge < -0.3 is 5.73 Å². The van der Waals surface area contributed by atoms with Crippen LogP contribution < -0.4 is 5.73 Å². The molecule has 0 spiro atoms. The van der Waals surface area contributed by atoms with Crippen LogP contribution in [0.2, 0.25) is 5.02 Å². The molecule has 4 heteroatoms. The van der Waals surface area contributed by atoms with Crippen LogP contribution in [0.5, 0.6) is 0 Å². The van der Waals surface area contributed by atoms with Crippen LogP contribution in [0.15, 0.2) is 22.7 Å². The summed E-state index contributed by atoms with van der Waals surface area (Å²) in [5, 5.41) is 0.833. The van der Waals surface area contributed by atoms with Gasteiger partial charge in [0, 0.05) is 35.2 Å². The summed E-state index contributed by atoms with van der Waals surface area (Å²) in [4.78, 5) is 2.40. The molecule has 0 saturated carbocycles. The van der Waals surface area contributed by atoms with Crippen molar-refractivity contribution < 1.29 is 0 Å². The summed E-state index contributed by atoms with van der Waals surface area (Å²) in [7, 11) is 0. The average molecular weight is 318 g/mol. The lowest BCUT2D eigenvalue weighted by atomic mass is 9.96. The Kier molecular flexibility index (Phi) is 4.47. The SMILES string of the molecule is CC1CC(N)CN(Cc2cc(Br)ccc2Cl)C1. The van der Waals surface area contributed by atoms with E-state index in [9.17, 15) is 0 Å². The lowest BCUT2D eigenvalue weighted by Crippen LogP contribution is -2.45. The molecule has 1 saturated heterocycles. The molecule has 1 aromatic rings. The van der Waals surface area contributed by atoms with Gasteiger partial charge in [-0.1, -0.05) is 34.5 Å². The molecule has 1 heterocycles. The molecule has 2 nitrogen and oxygen atoms in total. The molecule has 94 valence electrons. The number of nitrogens with zero attached hydrogens (tertiary/aromatic N) is 1. The molecule has 17 heavy (non-hydrogen) atoms. The summed E-state index contributed by atoms with van der Waals surface area (Å²) >= 11 is 9.69. The van der Waals surface area contributed by atoms with Crippen molar-refractivity contribution in [2.24, 2.45) is 11.7 Å². The molecule has 1 aromatic carbocycles. The number of hydrogen-bond acceptors (Lipinski definition) is 2. The van der Waals surface area contributed by atoms with Crippen molar-refractivity contribution in [3.8, 4) is 0 Å². The summed E-state index contributed by atoms with van der Waals surface area (Å²) in [6, 6.07) is 6.29. The molecule has 2 rings (SSSR count). The molecular formula is C13H18BrClN2. The minimum absolute atomic E-state index is 0.296. The lowest BCUT2D eigenvalue weighted by molar-refractivity contribution is 0.158. The van der Waals surface area contributed by atoms with Crippen molar-refractivity contribution in [2.75, 3.05) is 13.1 Å². The Labute approximate surface area is 116 Å². The van der Waals surface area contributed by atoms with Crippen molar-refractivity contribution in [1.82, 2.24) is 4.90 Å². The average Bonchev–Trinajstić information content (AvgIpc) is 2.22. The maximum absolute atomic E-state index is 6.21. The second kappa shape index (κ2) is 5.70. The zero-order valence-electron chi connectivity index (χ0n) is 10.00. The minimum Gasteiger partial charge on any atom is -0.327 e. The molecular weight excluding hydrogens is 300 g/mol. The quantitative estimate of drug-likeness (QED) is 0.907. The first kappa shape index (κ1) is 13.3. The Hall–Kier alpha value is -0.0900. The van der Waals surface area contributed by atoms with E-state index >= 15 is 0 Å². The van der Waals surface area contributed by atoms with Crippen LogP contribution in [0.3, 0.4) is 0 Å². The van der Waals surface area contributed by atoms with Crippen LogP contribution in [0, 0.1) is 5.92 Å². The Bertz CT molecular complexity index is 387. The number of benzene rings is 1. The predicted molar refractivity (Wildman–Crippen MR) is 76.2 cm³/mol. The maximum atomic E-state index is 6.21. The molecule has 0 aliphatic carbocycles. The molecule has 2 unspecified atom stereocenters. The minimum atomic E-state index is 0.296. The largest absolute Gasteiger partial charge is 0.327 e. The van der Waals surface area contributed by atoms with Crippen molar-refractivity contribution in [1.29, 1.82) is 0 Å². The molecule has 2 atom stereocenters. The lowest BCUT2D eigenvalue weighted by Gasteiger charge is -2.34. The highest BCUT2D eigenvalue weighted by Crippen LogP contribution is 2.24. The van der Waals surface area contributed by atoms with Gasteiger partial charge in [0.2, 0.25) is 0 Å². The van der Waals surface area contributed by atoms with Gasteiger partial charge in [0.15, 0.2) is 0 Å². The predicted octanol–water partition coefficient (Wildman–Crippen LogP) is 3.27. The maximum Gasteiger partial charge on any atom is 0.0451 e. The van der Waals surface area contributed by atoms with Crippen LogP contribution >= 0.6 is 27.5 Å². The van der Waals surface area contributed by atoms with E-state index in [1.165, 1.54) is 5.56 Å². The van der Waals surface area contributed by atoms with E-state index in [4.69, 9.17) is 17.3 Å². The molecule has 0 aromatic heterocycles. The Balaban J connectivity index is 2.07. The van der Waals surface area contributed by atoms with Gasteiger partial charge >= 0.3 is 0 Å². The van der Waals surface area contributed by atoms with Crippen molar-refractivity contribution in [3.05, 3.63) is 33.3 Å². The number of nitrogens with two attached hydrogens (primary N) is 1. The van der Waals surface area contributed by atoms with E-state index < -0.39 is 0 Å². The second-order valence-corrected chi connectivity index (χ2v) is 6.35. The fraction of sp³-hybridized carbons (Fsp3) is 0.538. The topological polar surface area (TPSA) is 29.3 Å². The van der Waals surface area contributed by atoms with Crippen LogP contribution in [0.25, 0.3) is 0 Å². The van der Waals surface area contributed by atoms with E-state index in [-0.39, 0.29) is 0 Å². The number of halogens is 2. The normalized spacial score (nSPS) is 26.1. The third-order valence-corrected chi connectivity index (χ3v) is 4.03. The van der Waals surface area contributed by atoms with Gasteiger partial charge in [-0.3, -0.25) is 4.90 Å². The Morgan fingerprint density at radius 2 is 2.24 bits per heavy atom. The third kappa shape index (κ3) is 3.68. The highest BCUT2D eigenvalue weighted by atomic mass is 79.9. The van der Waals surface area contributed by atoms with Crippen molar-refractivity contribution in [3.63, 3.8) is 0 Å². The summed E-state index contributed by atoms with van der Waals surface area (Å²) in [5.74, 6) is 0.671. The van der Waals surface area contributed by atoms with Crippen LogP contribution in [0.4, 0.5) is 0 Å². The van der Waals surface area contributed by atoms with Crippen molar-refractivity contribution >= 4 is 27.5 Å². The smallest absolute Gasteiger partial charge is 0.0451 e. The van der Waals surface area contributed by atoms with Gasteiger partial charge in [-0.05, 0) is 36.1 Å². The number of rotatable bonds is 2. The molecule has 0 amide bonds. The molecule has 0 bridgehead atoms. The van der Waals surface area contributed by atoms with Crippen LogP contribution in [-0.4, -0.2) is 24.0 Å². The molecule has 2 N–H and O–H groups in total. The fourth-order valence-electron chi connectivity index (χ4n) is 2.55. The van der Waals surface area contributed by atoms with Gasteiger partial charge in [0.25, 0.3) is 0 Å². The molecule has 1 aliphatic heterocycles. The van der Waals surface area contributed by atoms with Gasteiger partial charge in [-0.2, -0.15) is 0 Å². The molecule has 1 fully saturated rings. The number of likely N-dealkylation sites (tertiary alicyclic amines) is 1. The van der Waals surface area contributed by atoms with Crippen LogP contribution in [-0.2, 0) is 6.54 Å². The van der Waals surface area contributed by atoms with Crippen LogP contribution in [0.1, 0.15) is 18.9 Å². The highest BCUT2D eigenvalue weighted by molar-refractivity contribution is 9.10. The monoisotopic (exact) mass is 316 g/mol. The van der Waals surface area contributed by atoms with E-state index in [1.807, 2.05) is 12.1 Å². The Morgan fingerprint density at radius 1 is 1.47 bits per heavy atom. The van der Waals surface area contributed by atoms with Gasteiger partial charge in [-0.15, -0.1) is 0 Å². The summed E-state index contributed by atoms with van der Waals surface area (Å²) in [6.07, 6.45) is 1.13. The summed E-state index contributed by atoms with van der Waals surface area (Å²) in [6.45, 7) is 5.22. The van der Waals surface area contributed by atoms with E-state index in [0.717, 1.165) is 35.6 Å². The standard InChI is InChI=1S/C13H18BrClN2/c1-9-4-12(16)8-17(6-9)7-10-5-11(14)2-3-13(10)15/h2-3,5,9,12H,4,6-8,16H2,1H3. The first-order valence-electron chi connectivity index (χ1n) is 5.96. The van der Waals surface area contributed by atoms with Crippen molar-refractivity contribution in [2.45, 2.75) is 25.9 Å². The van der Waals surface area contributed by atoms with E-state index in [1.54, 1.807) is 0 Å². The Morgan fingerprint density at radius 3 is 2.94 bits per heavy atom. The van der Waals surface area contributed by atoms with E-state index in [2.05, 4.69) is 33.8 Å². The summed E-state index contributed by atoms with van der Waals surface area (Å²) in [5.41, 5.74) is 7.22. The number of hydrogen-bond donors (Lipinski definition) is 1. The first-order chi connectivity index (χ1) is 8.04. The summed E-state index contributed by atoms with van der Waals surface area (Å²) < 4.78 is 1.08. The van der Waals surface area contributed by atoms with E-state index in [0.29, 0.717) is 12.0 Å². The third-order valence-electron chi connectivity index (χ3n) is 3.17. The molecule has 1 aliphatic rings. The van der Waals surface area contributed by atoms with Gasteiger partial charge in [0.1, 0.15) is 0 Å². The highest BCUT2D eigenvalue weighted by Gasteiger charge is 2.22. The zero-order valence-corrected chi connectivity index (χ0v) is 12.3. The van der Waals surface area contributed by atoms with Gasteiger partial charge in [0.05, 0.1) is 0 Å². The molecule has 0 radical (unpaired) electrons. The fourth-order valence-corrected chi connectivity index (χ4v) is 3.13. The zero-order chi connectivity index (χ0) is 12.4. The second-order valence-electron chi connectivity index (χ2n) is 5.03.